The first kappa shape index (κ1) is 17.4. The van der Waals surface area contributed by atoms with Crippen molar-refractivity contribution in [2.45, 2.75) is 17.6 Å². The third kappa shape index (κ3) is 3.94. The van der Waals surface area contributed by atoms with Crippen molar-refractivity contribution in [3.05, 3.63) is 36.4 Å². The largest absolute Gasteiger partial charge is 0.493 e. The van der Waals surface area contributed by atoms with Crippen LogP contribution in [0.2, 0.25) is 0 Å². The van der Waals surface area contributed by atoms with Gasteiger partial charge in [-0.3, -0.25) is 4.55 Å². The molecule has 0 aromatic heterocycles. The van der Waals surface area contributed by atoms with Crippen molar-refractivity contribution in [2.24, 2.45) is 0 Å². The van der Waals surface area contributed by atoms with Crippen LogP contribution >= 0.6 is 0 Å². The Kier molecular flexibility index (Phi) is 5.00. The zero-order chi connectivity index (χ0) is 16.3. The third-order valence-electron chi connectivity index (χ3n) is 2.55. The molecule has 9 heteroatoms. The SMILES string of the molecule is C=Cc1ccc(OCCC(F)(F)C(F)(F)S(=O)(=O)O)cc1. The van der Waals surface area contributed by atoms with Gasteiger partial charge in [0.2, 0.25) is 0 Å². The molecular formula is C12H12F4O4S. The normalized spacial score (nSPS) is 13.0. The molecule has 0 atom stereocenters. The van der Waals surface area contributed by atoms with Gasteiger partial charge in [0.05, 0.1) is 13.0 Å². The molecule has 118 valence electrons. The molecule has 0 radical (unpaired) electrons. The van der Waals surface area contributed by atoms with E-state index in [1.165, 1.54) is 18.2 Å². The van der Waals surface area contributed by atoms with Crippen LogP contribution in [0, 0.1) is 0 Å². The molecule has 0 saturated heterocycles. The monoisotopic (exact) mass is 328 g/mol. The van der Waals surface area contributed by atoms with Crippen LogP contribution in [0.5, 0.6) is 5.75 Å². The van der Waals surface area contributed by atoms with Crippen molar-refractivity contribution in [3.8, 4) is 5.75 Å². The maximum atomic E-state index is 13.1. The topological polar surface area (TPSA) is 63.6 Å². The van der Waals surface area contributed by atoms with Gasteiger partial charge in [0, 0.05) is 0 Å². The fraction of sp³-hybridized carbons (Fsp3) is 0.333. The molecule has 0 spiro atoms. The van der Waals surface area contributed by atoms with E-state index >= 15 is 0 Å². The zero-order valence-electron chi connectivity index (χ0n) is 10.6. The van der Waals surface area contributed by atoms with Gasteiger partial charge in [-0.2, -0.15) is 26.0 Å². The Morgan fingerprint density at radius 1 is 1.19 bits per heavy atom. The molecule has 4 nitrogen and oxygen atoms in total. The van der Waals surface area contributed by atoms with Gasteiger partial charge in [-0.25, -0.2) is 0 Å². The smallest absolute Gasteiger partial charge is 0.431 e. The third-order valence-corrected chi connectivity index (χ3v) is 3.50. The van der Waals surface area contributed by atoms with E-state index in [-0.39, 0.29) is 5.75 Å². The fourth-order valence-electron chi connectivity index (χ4n) is 1.33. The summed E-state index contributed by atoms with van der Waals surface area (Å²) in [6.07, 6.45) is -0.0480. The number of ether oxygens (including phenoxy) is 1. The molecule has 0 unspecified atom stereocenters. The minimum absolute atomic E-state index is 0.145. The van der Waals surface area contributed by atoms with Crippen LogP contribution in [-0.4, -0.2) is 30.8 Å². The van der Waals surface area contributed by atoms with Crippen LogP contribution in [0.15, 0.2) is 30.8 Å². The first-order valence-corrected chi connectivity index (χ1v) is 7.03. The van der Waals surface area contributed by atoms with Crippen LogP contribution in [0.4, 0.5) is 17.6 Å². The average molecular weight is 328 g/mol. The highest BCUT2D eigenvalue weighted by atomic mass is 32.2. The second-order valence-electron chi connectivity index (χ2n) is 4.07. The van der Waals surface area contributed by atoms with Gasteiger partial charge in [0.15, 0.2) is 0 Å². The highest BCUT2D eigenvalue weighted by Gasteiger charge is 2.65. The number of alkyl halides is 4. The maximum Gasteiger partial charge on any atom is 0.431 e. The second-order valence-corrected chi connectivity index (χ2v) is 5.53. The van der Waals surface area contributed by atoms with Crippen LogP contribution in [-0.2, 0) is 10.1 Å². The summed E-state index contributed by atoms with van der Waals surface area (Å²) in [4.78, 5) is 0. The van der Waals surface area contributed by atoms with Crippen molar-refractivity contribution in [1.82, 2.24) is 0 Å². The van der Waals surface area contributed by atoms with Crippen LogP contribution in [0.1, 0.15) is 12.0 Å². The van der Waals surface area contributed by atoms with E-state index in [1.807, 2.05) is 0 Å². The second kappa shape index (κ2) is 6.02. The van der Waals surface area contributed by atoms with Crippen molar-refractivity contribution in [1.29, 1.82) is 0 Å². The number of rotatable bonds is 7. The zero-order valence-corrected chi connectivity index (χ0v) is 11.4. The van der Waals surface area contributed by atoms with E-state index in [9.17, 15) is 26.0 Å². The summed E-state index contributed by atoms with van der Waals surface area (Å²) < 4.78 is 85.6. The summed E-state index contributed by atoms with van der Waals surface area (Å²) >= 11 is 0. The first-order chi connectivity index (χ1) is 9.51. The molecule has 0 heterocycles. The van der Waals surface area contributed by atoms with Gasteiger partial charge in [-0.1, -0.05) is 24.8 Å². The van der Waals surface area contributed by atoms with Gasteiger partial charge in [-0.15, -0.1) is 0 Å². The molecular weight excluding hydrogens is 316 g/mol. The van der Waals surface area contributed by atoms with Gasteiger partial charge < -0.3 is 4.74 Å². The molecule has 0 fully saturated rings. The van der Waals surface area contributed by atoms with E-state index in [0.29, 0.717) is 0 Å². The number of halogens is 4. The summed E-state index contributed by atoms with van der Waals surface area (Å²) in [6.45, 7) is 2.65. The lowest BCUT2D eigenvalue weighted by atomic mass is 10.2. The lowest BCUT2D eigenvalue weighted by molar-refractivity contribution is -0.167. The standard InChI is InChI=1S/C12H12F4O4S/c1-2-9-3-5-10(6-4-9)20-8-7-11(13,14)12(15,16)21(17,18)19/h2-6H,1,7-8H2,(H,17,18,19). The molecule has 1 rings (SSSR count). The predicted octanol–water partition coefficient (Wildman–Crippen LogP) is 3.21. The molecule has 0 saturated carbocycles. The highest BCUT2D eigenvalue weighted by Crippen LogP contribution is 2.40. The molecule has 21 heavy (non-hydrogen) atoms. The maximum absolute atomic E-state index is 13.1. The molecule has 1 aromatic carbocycles. The van der Waals surface area contributed by atoms with E-state index in [4.69, 9.17) is 9.29 Å². The molecule has 1 N–H and O–H groups in total. The van der Waals surface area contributed by atoms with Crippen LogP contribution < -0.4 is 4.74 Å². The minimum Gasteiger partial charge on any atom is -0.493 e. The van der Waals surface area contributed by atoms with Crippen molar-refractivity contribution in [2.75, 3.05) is 6.61 Å². The molecule has 0 aliphatic heterocycles. The quantitative estimate of drug-likeness (QED) is 0.617. The lowest BCUT2D eigenvalue weighted by Crippen LogP contribution is -2.47. The Hall–Kier alpha value is -1.61. The molecule has 0 bridgehead atoms. The summed E-state index contributed by atoms with van der Waals surface area (Å²) in [7, 11) is -6.21. The molecule has 0 amide bonds. The van der Waals surface area contributed by atoms with Gasteiger partial charge in [0.25, 0.3) is 0 Å². The number of benzene rings is 1. The minimum atomic E-state index is -6.21. The van der Waals surface area contributed by atoms with E-state index in [0.717, 1.165) is 5.56 Å². The van der Waals surface area contributed by atoms with E-state index in [1.54, 1.807) is 12.1 Å². The highest BCUT2D eigenvalue weighted by molar-refractivity contribution is 7.87. The Labute approximate surface area is 118 Å². The molecule has 0 aliphatic rings. The van der Waals surface area contributed by atoms with Gasteiger partial charge >= 0.3 is 21.3 Å². The molecule has 1 aromatic rings. The Bertz CT molecular complexity index is 596. The molecule has 0 aliphatic carbocycles. The van der Waals surface area contributed by atoms with Crippen molar-refractivity contribution < 1.29 is 35.3 Å². The first-order valence-electron chi connectivity index (χ1n) is 5.59. The van der Waals surface area contributed by atoms with Crippen LogP contribution in [0.3, 0.4) is 0 Å². The Morgan fingerprint density at radius 3 is 2.14 bits per heavy atom. The van der Waals surface area contributed by atoms with Crippen molar-refractivity contribution >= 4 is 16.2 Å². The Morgan fingerprint density at radius 2 is 1.71 bits per heavy atom. The van der Waals surface area contributed by atoms with E-state index in [2.05, 4.69) is 6.58 Å². The van der Waals surface area contributed by atoms with Crippen molar-refractivity contribution in [3.63, 3.8) is 0 Å². The lowest BCUT2D eigenvalue weighted by Gasteiger charge is -2.23. The van der Waals surface area contributed by atoms with Gasteiger partial charge in [0.1, 0.15) is 5.75 Å². The summed E-state index contributed by atoms with van der Waals surface area (Å²) in [5.41, 5.74) is 0.741. The average Bonchev–Trinajstić information content (AvgIpc) is 2.38. The van der Waals surface area contributed by atoms with Crippen LogP contribution in [0.25, 0.3) is 6.08 Å². The summed E-state index contributed by atoms with van der Waals surface area (Å²) in [6, 6.07) is 5.95. The Balaban J connectivity index is 2.67. The van der Waals surface area contributed by atoms with Gasteiger partial charge in [-0.05, 0) is 17.7 Å². The summed E-state index contributed by atoms with van der Waals surface area (Å²) in [5, 5.41) is -5.57. The summed E-state index contributed by atoms with van der Waals surface area (Å²) in [5.74, 6) is -4.81. The fourth-order valence-corrected chi connectivity index (χ4v) is 1.81. The number of hydrogen-bond donors (Lipinski definition) is 1. The van der Waals surface area contributed by atoms with E-state index < -0.39 is 34.3 Å². The number of hydrogen-bond acceptors (Lipinski definition) is 3. The predicted molar refractivity (Wildman–Crippen MR) is 68.1 cm³/mol.